The Bertz CT molecular complexity index is 232. The van der Waals surface area contributed by atoms with Gasteiger partial charge in [-0.25, -0.2) is 0 Å². The number of likely N-dealkylation sites (N-methyl/N-ethyl adjacent to an activating group) is 1. The summed E-state index contributed by atoms with van der Waals surface area (Å²) in [5.41, 5.74) is 5.91. The van der Waals surface area contributed by atoms with Gasteiger partial charge in [0.2, 0.25) is 5.91 Å². The Morgan fingerprint density at radius 3 is 2.50 bits per heavy atom. The van der Waals surface area contributed by atoms with Crippen LogP contribution in [0.15, 0.2) is 0 Å². The molecule has 0 aromatic rings. The molecule has 1 amide bonds. The van der Waals surface area contributed by atoms with Gasteiger partial charge in [0.25, 0.3) is 0 Å². The lowest BCUT2D eigenvalue weighted by Gasteiger charge is -2.29. The van der Waals surface area contributed by atoms with E-state index in [2.05, 4.69) is 0 Å². The number of rotatable bonds is 4. The Labute approximate surface area is 96.8 Å². The van der Waals surface area contributed by atoms with Gasteiger partial charge in [-0.3, -0.25) is 4.79 Å². The Hall–Kier alpha value is -0.585. The van der Waals surface area contributed by atoms with E-state index >= 15 is 0 Å². The summed E-state index contributed by atoms with van der Waals surface area (Å²) in [5.74, 6) is 0.0551. The summed E-state index contributed by atoms with van der Waals surface area (Å²) in [6.45, 7) is 0. The molecule has 5 nitrogen and oxygen atoms in total. The first kappa shape index (κ1) is 13.5. The second-order valence-electron chi connectivity index (χ2n) is 4.62. The van der Waals surface area contributed by atoms with Gasteiger partial charge in [0, 0.05) is 7.05 Å². The molecule has 0 radical (unpaired) electrons. The molecule has 0 spiro atoms. The maximum atomic E-state index is 11.9. The first-order valence-corrected chi connectivity index (χ1v) is 5.89. The van der Waals surface area contributed by atoms with Gasteiger partial charge in [-0.1, -0.05) is 19.3 Å². The van der Waals surface area contributed by atoms with Gasteiger partial charge in [-0.05, 0) is 18.8 Å². The van der Waals surface area contributed by atoms with Gasteiger partial charge in [-0.2, -0.15) is 0 Å². The summed E-state index contributed by atoms with van der Waals surface area (Å²) >= 11 is 0. The standard InChI is InChI=1S/C10H21BN2O3/c1-13(7-11(15)16)10(14)9(12)8-5-3-2-4-6-8/h8-9,15-16H,2-7,12H2,1H3/t9-/m0/s1. The average molecular weight is 228 g/mol. The van der Waals surface area contributed by atoms with E-state index < -0.39 is 13.2 Å². The number of hydrogen-bond acceptors (Lipinski definition) is 4. The number of carbonyl (C=O) groups is 1. The lowest BCUT2D eigenvalue weighted by atomic mass is 9.83. The van der Waals surface area contributed by atoms with E-state index in [-0.39, 0.29) is 18.3 Å². The highest BCUT2D eigenvalue weighted by atomic mass is 16.4. The van der Waals surface area contributed by atoms with Crippen molar-refractivity contribution in [2.75, 3.05) is 13.5 Å². The smallest absolute Gasteiger partial charge is 0.426 e. The maximum absolute atomic E-state index is 11.9. The third-order valence-electron chi connectivity index (χ3n) is 3.26. The summed E-state index contributed by atoms with van der Waals surface area (Å²) in [6, 6.07) is -0.496. The van der Waals surface area contributed by atoms with Crippen molar-refractivity contribution in [3.05, 3.63) is 0 Å². The molecule has 1 aliphatic rings. The van der Waals surface area contributed by atoms with Crippen molar-refractivity contribution in [1.29, 1.82) is 0 Å². The van der Waals surface area contributed by atoms with Crippen LogP contribution in [0.3, 0.4) is 0 Å². The topological polar surface area (TPSA) is 86.8 Å². The fraction of sp³-hybridized carbons (Fsp3) is 0.900. The zero-order chi connectivity index (χ0) is 12.1. The van der Waals surface area contributed by atoms with Crippen LogP contribution in [0.1, 0.15) is 32.1 Å². The summed E-state index contributed by atoms with van der Waals surface area (Å²) in [4.78, 5) is 13.2. The Morgan fingerprint density at radius 2 is 2.00 bits per heavy atom. The first-order valence-electron chi connectivity index (χ1n) is 5.89. The SMILES string of the molecule is CN(CB(O)O)C(=O)[C@@H](N)C1CCCCC1. The highest BCUT2D eigenvalue weighted by molar-refractivity contribution is 6.41. The zero-order valence-corrected chi connectivity index (χ0v) is 9.80. The minimum Gasteiger partial charge on any atom is -0.426 e. The van der Waals surface area contributed by atoms with E-state index in [1.54, 1.807) is 7.05 Å². The highest BCUT2D eigenvalue weighted by Crippen LogP contribution is 2.26. The number of hydrogen-bond donors (Lipinski definition) is 3. The van der Waals surface area contributed by atoms with Crippen molar-refractivity contribution in [2.45, 2.75) is 38.1 Å². The van der Waals surface area contributed by atoms with Gasteiger partial charge in [0.05, 0.1) is 12.5 Å². The first-order chi connectivity index (χ1) is 7.52. The molecule has 0 aromatic carbocycles. The molecule has 0 saturated heterocycles. The Balaban J connectivity index is 2.45. The van der Waals surface area contributed by atoms with Gasteiger partial charge in [0.15, 0.2) is 0 Å². The predicted molar refractivity (Wildman–Crippen MR) is 62.4 cm³/mol. The van der Waals surface area contributed by atoms with Gasteiger partial charge >= 0.3 is 7.12 Å². The molecule has 4 N–H and O–H groups in total. The molecule has 0 heterocycles. The van der Waals surface area contributed by atoms with Crippen LogP contribution in [-0.4, -0.2) is 47.5 Å². The second kappa shape index (κ2) is 6.22. The van der Waals surface area contributed by atoms with Crippen LogP contribution in [0.4, 0.5) is 0 Å². The molecule has 0 aliphatic heterocycles. The molecule has 1 aliphatic carbocycles. The molecule has 0 bridgehead atoms. The molecule has 92 valence electrons. The number of amides is 1. The van der Waals surface area contributed by atoms with Crippen LogP contribution in [0.2, 0.25) is 0 Å². The van der Waals surface area contributed by atoms with Crippen LogP contribution in [0.5, 0.6) is 0 Å². The maximum Gasteiger partial charge on any atom is 0.472 e. The molecule has 0 unspecified atom stereocenters. The van der Waals surface area contributed by atoms with Crippen LogP contribution in [0.25, 0.3) is 0 Å². The lowest BCUT2D eigenvalue weighted by Crippen LogP contribution is -2.49. The molecule has 0 aromatic heterocycles. The summed E-state index contributed by atoms with van der Waals surface area (Å²) in [6.07, 6.45) is 5.42. The fourth-order valence-corrected chi connectivity index (χ4v) is 2.28. The van der Waals surface area contributed by atoms with Crippen molar-refractivity contribution in [3.63, 3.8) is 0 Å². The van der Waals surface area contributed by atoms with Crippen molar-refractivity contribution >= 4 is 13.0 Å². The number of nitrogens with two attached hydrogens (primary N) is 1. The molecule has 1 saturated carbocycles. The molecule has 1 rings (SSSR count). The molecule has 6 heteroatoms. The monoisotopic (exact) mass is 228 g/mol. The van der Waals surface area contributed by atoms with E-state index in [1.807, 2.05) is 0 Å². The van der Waals surface area contributed by atoms with Gasteiger partial charge in [0.1, 0.15) is 0 Å². The van der Waals surface area contributed by atoms with Gasteiger partial charge in [-0.15, -0.1) is 0 Å². The van der Waals surface area contributed by atoms with E-state index in [1.165, 1.54) is 11.3 Å². The lowest BCUT2D eigenvalue weighted by molar-refractivity contribution is -0.132. The summed E-state index contributed by atoms with van der Waals surface area (Å²) in [5, 5.41) is 17.6. The van der Waals surface area contributed by atoms with Crippen molar-refractivity contribution in [2.24, 2.45) is 11.7 Å². The molecule has 1 atom stereocenters. The van der Waals surface area contributed by atoms with Crippen molar-refractivity contribution < 1.29 is 14.8 Å². The van der Waals surface area contributed by atoms with E-state index in [0.29, 0.717) is 0 Å². The van der Waals surface area contributed by atoms with Crippen molar-refractivity contribution in [1.82, 2.24) is 4.90 Å². The molecular formula is C10H21BN2O3. The fourth-order valence-electron chi connectivity index (χ4n) is 2.28. The second-order valence-corrected chi connectivity index (χ2v) is 4.62. The Morgan fingerprint density at radius 1 is 1.44 bits per heavy atom. The molecule has 16 heavy (non-hydrogen) atoms. The van der Waals surface area contributed by atoms with E-state index in [9.17, 15) is 4.79 Å². The number of nitrogens with zero attached hydrogens (tertiary/aromatic N) is 1. The summed E-state index contributed by atoms with van der Waals surface area (Å²) < 4.78 is 0. The van der Waals surface area contributed by atoms with E-state index in [0.717, 1.165) is 25.7 Å². The molecule has 1 fully saturated rings. The Kier molecular flexibility index (Phi) is 5.24. The predicted octanol–water partition coefficient (Wildman–Crippen LogP) is -0.636. The van der Waals surface area contributed by atoms with Crippen LogP contribution < -0.4 is 5.73 Å². The molecular weight excluding hydrogens is 207 g/mol. The summed E-state index contributed by atoms with van der Waals surface area (Å²) in [7, 11) is 0.0530. The quantitative estimate of drug-likeness (QED) is 0.559. The largest absolute Gasteiger partial charge is 0.472 e. The number of carbonyl (C=O) groups excluding carboxylic acids is 1. The highest BCUT2D eigenvalue weighted by Gasteiger charge is 2.29. The minimum atomic E-state index is -1.49. The van der Waals surface area contributed by atoms with Crippen molar-refractivity contribution in [3.8, 4) is 0 Å². The average Bonchev–Trinajstić information content (AvgIpc) is 2.27. The van der Waals surface area contributed by atoms with Crippen LogP contribution >= 0.6 is 0 Å². The third kappa shape index (κ3) is 3.77. The van der Waals surface area contributed by atoms with Crippen LogP contribution in [0, 0.1) is 5.92 Å². The zero-order valence-electron chi connectivity index (χ0n) is 9.80. The third-order valence-corrected chi connectivity index (χ3v) is 3.26. The minimum absolute atomic E-state index is 0.0841. The van der Waals surface area contributed by atoms with E-state index in [4.69, 9.17) is 15.8 Å². The van der Waals surface area contributed by atoms with Gasteiger partial charge < -0.3 is 20.7 Å². The van der Waals surface area contributed by atoms with Crippen LogP contribution in [-0.2, 0) is 4.79 Å². The normalized spacial score (nSPS) is 19.2.